The summed E-state index contributed by atoms with van der Waals surface area (Å²) in [6.07, 6.45) is 3.97. The van der Waals surface area contributed by atoms with Crippen LogP contribution in [-0.4, -0.2) is 29.1 Å². The standard InChI is InChI=1S/C11H14N4O/c12-7-8-3-2-6-15(8)11-14-9-4-1-5-13-10(9)16-11/h1,4-5,8H,2-3,6-7,12H2. The average molecular weight is 218 g/mol. The average Bonchev–Trinajstić information content (AvgIpc) is 2.94. The number of anilines is 1. The van der Waals surface area contributed by atoms with E-state index in [0.717, 1.165) is 24.9 Å². The molecule has 16 heavy (non-hydrogen) atoms. The molecule has 1 saturated heterocycles. The Labute approximate surface area is 93.3 Å². The van der Waals surface area contributed by atoms with Gasteiger partial charge in [-0.1, -0.05) is 0 Å². The van der Waals surface area contributed by atoms with E-state index in [1.807, 2.05) is 12.1 Å². The number of rotatable bonds is 2. The second-order valence-corrected chi connectivity index (χ2v) is 4.05. The molecule has 1 aliphatic rings. The fraction of sp³-hybridized carbons (Fsp3) is 0.455. The van der Waals surface area contributed by atoms with Crippen LogP contribution in [0.3, 0.4) is 0 Å². The van der Waals surface area contributed by atoms with Gasteiger partial charge < -0.3 is 15.1 Å². The smallest absolute Gasteiger partial charge is 0.300 e. The highest BCUT2D eigenvalue weighted by molar-refractivity contribution is 5.69. The van der Waals surface area contributed by atoms with Crippen molar-refractivity contribution in [1.29, 1.82) is 0 Å². The summed E-state index contributed by atoms with van der Waals surface area (Å²) in [6.45, 7) is 1.61. The molecule has 0 amide bonds. The number of nitrogens with two attached hydrogens (primary N) is 1. The largest absolute Gasteiger partial charge is 0.404 e. The minimum atomic E-state index is 0.355. The predicted molar refractivity (Wildman–Crippen MR) is 61.2 cm³/mol. The Bertz CT molecular complexity index is 462. The molecule has 1 unspecified atom stereocenters. The second-order valence-electron chi connectivity index (χ2n) is 4.05. The van der Waals surface area contributed by atoms with Gasteiger partial charge in [-0.3, -0.25) is 0 Å². The fourth-order valence-electron chi connectivity index (χ4n) is 2.21. The molecule has 3 heterocycles. The second kappa shape index (κ2) is 3.75. The van der Waals surface area contributed by atoms with Crippen molar-refractivity contribution in [3.63, 3.8) is 0 Å². The quantitative estimate of drug-likeness (QED) is 0.819. The summed E-state index contributed by atoms with van der Waals surface area (Å²) in [5.41, 5.74) is 7.13. The highest BCUT2D eigenvalue weighted by atomic mass is 16.4. The molecule has 0 radical (unpaired) electrons. The van der Waals surface area contributed by atoms with E-state index in [1.165, 1.54) is 0 Å². The Hall–Kier alpha value is -1.62. The summed E-state index contributed by atoms with van der Waals surface area (Å²) in [5.74, 6) is 0. The van der Waals surface area contributed by atoms with Gasteiger partial charge in [-0.15, -0.1) is 0 Å². The highest BCUT2D eigenvalue weighted by Crippen LogP contribution is 2.26. The van der Waals surface area contributed by atoms with Gasteiger partial charge in [0.25, 0.3) is 6.01 Å². The van der Waals surface area contributed by atoms with Crippen LogP contribution in [0.25, 0.3) is 11.2 Å². The van der Waals surface area contributed by atoms with Crippen molar-refractivity contribution >= 4 is 17.2 Å². The van der Waals surface area contributed by atoms with Crippen LogP contribution in [0, 0.1) is 0 Å². The summed E-state index contributed by atoms with van der Waals surface area (Å²) >= 11 is 0. The van der Waals surface area contributed by atoms with Gasteiger partial charge in [0, 0.05) is 25.3 Å². The minimum Gasteiger partial charge on any atom is -0.404 e. The first-order chi connectivity index (χ1) is 7.88. The monoisotopic (exact) mass is 218 g/mol. The van der Waals surface area contributed by atoms with E-state index in [9.17, 15) is 0 Å². The molecule has 84 valence electrons. The Kier molecular flexibility index (Phi) is 2.25. The molecule has 0 aromatic carbocycles. The van der Waals surface area contributed by atoms with Crippen molar-refractivity contribution in [2.24, 2.45) is 5.73 Å². The summed E-state index contributed by atoms with van der Waals surface area (Å²) in [4.78, 5) is 10.7. The summed E-state index contributed by atoms with van der Waals surface area (Å²) in [6, 6.07) is 4.77. The topological polar surface area (TPSA) is 68.2 Å². The Balaban J connectivity index is 1.99. The van der Waals surface area contributed by atoms with E-state index in [4.69, 9.17) is 10.2 Å². The van der Waals surface area contributed by atoms with Gasteiger partial charge in [0.05, 0.1) is 0 Å². The molecule has 0 aliphatic carbocycles. The minimum absolute atomic E-state index is 0.355. The molecule has 3 rings (SSSR count). The summed E-state index contributed by atoms with van der Waals surface area (Å²) < 4.78 is 5.63. The molecular weight excluding hydrogens is 204 g/mol. The number of nitrogens with zero attached hydrogens (tertiary/aromatic N) is 3. The van der Waals surface area contributed by atoms with Crippen molar-refractivity contribution in [2.75, 3.05) is 18.0 Å². The lowest BCUT2D eigenvalue weighted by molar-refractivity contribution is 0.544. The number of oxazole rings is 1. The molecule has 5 heteroatoms. The number of fused-ring (bicyclic) bond motifs is 1. The SMILES string of the molecule is NCC1CCCN1c1nc2cccnc2o1. The maximum Gasteiger partial charge on any atom is 0.300 e. The molecule has 0 bridgehead atoms. The molecule has 2 aromatic heterocycles. The van der Waals surface area contributed by atoms with Crippen LogP contribution < -0.4 is 10.6 Å². The molecule has 2 N–H and O–H groups in total. The molecule has 5 nitrogen and oxygen atoms in total. The molecule has 1 atom stereocenters. The van der Waals surface area contributed by atoms with E-state index < -0.39 is 0 Å². The van der Waals surface area contributed by atoms with E-state index in [1.54, 1.807) is 6.20 Å². The van der Waals surface area contributed by atoms with Gasteiger partial charge in [-0.2, -0.15) is 4.98 Å². The van der Waals surface area contributed by atoms with E-state index >= 15 is 0 Å². The van der Waals surface area contributed by atoms with Crippen LogP contribution in [0.4, 0.5) is 6.01 Å². The van der Waals surface area contributed by atoms with Crippen LogP contribution in [0.15, 0.2) is 22.7 Å². The molecule has 0 spiro atoms. The van der Waals surface area contributed by atoms with Gasteiger partial charge in [0.15, 0.2) is 0 Å². The molecule has 0 saturated carbocycles. The summed E-state index contributed by atoms with van der Waals surface area (Å²) in [5, 5.41) is 0. The molecular formula is C11H14N4O. The van der Waals surface area contributed by atoms with Gasteiger partial charge >= 0.3 is 0 Å². The first kappa shape index (κ1) is 9.59. The van der Waals surface area contributed by atoms with Crippen LogP contribution in [0.2, 0.25) is 0 Å². The van der Waals surface area contributed by atoms with Crippen molar-refractivity contribution in [1.82, 2.24) is 9.97 Å². The predicted octanol–water partition coefficient (Wildman–Crippen LogP) is 1.15. The number of pyridine rings is 1. The molecule has 2 aromatic rings. The third-order valence-corrected chi connectivity index (χ3v) is 3.05. The third kappa shape index (κ3) is 1.44. The zero-order valence-corrected chi connectivity index (χ0v) is 8.97. The normalized spacial score (nSPS) is 20.8. The Morgan fingerprint density at radius 2 is 2.50 bits per heavy atom. The third-order valence-electron chi connectivity index (χ3n) is 3.05. The van der Waals surface area contributed by atoms with Gasteiger partial charge in [0.1, 0.15) is 5.52 Å². The van der Waals surface area contributed by atoms with Crippen LogP contribution in [0.5, 0.6) is 0 Å². The number of hydrogen-bond acceptors (Lipinski definition) is 5. The first-order valence-electron chi connectivity index (χ1n) is 5.57. The van der Waals surface area contributed by atoms with Gasteiger partial charge in [-0.25, -0.2) is 4.98 Å². The van der Waals surface area contributed by atoms with Crippen molar-refractivity contribution < 1.29 is 4.42 Å². The Morgan fingerprint density at radius 1 is 1.56 bits per heavy atom. The van der Waals surface area contributed by atoms with Crippen LogP contribution in [-0.2, 0) is 0 Å². The lowest BCUT2D eigenvalue weighted by Crippen LogP contribution is -2.35. The highest BCUT2D eigenvalue weighted by Gasteiger charge is 2.27. The summed E-state index contributed by atoms with van der Waals surface area (Å²) in [7, 11) is 0. The maximum absolute atomic E-state index is 5.73. The zero-order valence-electron chi connectivity index (χ0n) is 8.97. The number of hydrogen-bond donors (Lipinski definition) is 1. The molecule has 1 fully saturated rings. The van der Waals surface area contributed by atoms with Gasteiger partial charge in [-0.05, 0) is 25.0 Å². The number of aromatic nitrogens is 2. The maximum atomic E-state index is 5.73. The Morgan fingerprint density at radius 3 is 3.31 bits per heavy atom. The van der Waals surface area contributed by atoms with Crippen LogP contribution in [0.1, 0.15) is 12.8 Å². The molecule has 1 aliphatic heterocycles. The van der Waals surface area contributed by atoms with E-state index in [-0.39, 0.29) is 0 Å². The van der Waals surface area contributed by atoms with E-state index in [2.05, 4.69) is 14.9 Å². The lowest BCUT2D eigenvalue weighted by atomic mass is 10.2. The van der Waals surface area contributed by atoms with Crippen molar-refractivity contribution in [2.45, 2.75) is 18.9 Å². The zero-order chi connectivity index (χ0) is 11.0. The van der Waals surface area contributed by atoms with Crippen molar-refractivity contribution in [3.8, 4) is 0 Å². The van der Waals surface area contributed by atoms with E-state index in [0.29, 0.717) is 24.3 Å². The first-order valence-corrected chi connectivity index (χ1v) is 5.57. The van der Waals surface area contributed by atoms with Crippen LogP contribution >= 0.6 is 0 Å². The lowest BCUT2D eigenvalue weighted by Gasteiger charge is -2.20. The fourth-order valence-corrected chi connectivity index (χ4v) is 2.21. The van der Waals surface area contributed by atoms with Crippen molar-refractivity contribution in [3.05, 3.63) is 18.3 Å². The van der Waals surface area contributed by atoms with Gasteiger partial charge in [0.2, 0.25) is 5.71 Å².